The fraction of sp³-hybridized carbons (Fsp3) is 0.160. The molecule has 0 aliphatic rings. The summed E-state index contributed by atoms with van der Waals surface area (Å²) in [5, 5.41) is 0. The van der Waals surface area contributed by atoms with Crippen molar-refractivity contribution in [2.24, 2.45) is 7.05 Å². The average Bonchev–Trinajstić information content (AvgIpc) is 3.15. The normalized spacial score (nSPS) is 11.4. The van der Waals surface area contributed by atoms with E-state index in [1.165, 1.54) is 12.1 Å². The SMILES string of the molecule is COc1ccc(-c2nc(-c3ccc(C(F)(F)F)cc3)c(-c3ccc(OC)cc3)n2C)cc1. The molecule has 0 aliphatic heterocycles. The van der Waals surface area contributed by atoms with E-state index in [-0.39, 0.29) is 0 Å². The highest BCUT2D eigenvalue weighted by Gasteiger charge is 2.30. The van der Waals surface area contributed by atoms with Crippen molar-refractivity contribution in [3.63, 3.8) is 0 Å². The number of hydrogen-bond acceptors (Lipinski definition) is 3. The fourth-order valence-corrected chi connectivity index (χ4v) is 3.59. The summed E-state index contributed by atoms with van der Waals surface area (Å²) in [4.78, 5) is 4.83. The average molecular weight is 438 g/mol. The van der Waals surface area contributed by atoms with E-state index in [0.29, 0.717) is 22.8 Å². The lowest BCUT2D eigenvalue weighted by Crippen LogP contribution is -2.04. The molecule has 7 heteroatoms. The summed E-state index contributed by atoms with van der Waals surface area (Å²) in [7, 11) is 5.08. The molecule has 164 valence electrons. The molecule has 0 aliphatic carbocycles. The predicted molar refractivity (Wildman–Crippen MR) is 118 cm³/mol. The summed E-state index contributed by atoms with van der Waals surface area (Å²) in [5.74, 6) is 2.12. The van der Waals surface area contributed by atoms with Crippen LogP contribution in [0.2, 0.25) is 0 Å². The van der Waals surface area contributed by atoms with Crippen molar-refractivity contribution < 1.29 is 22.6 Å². The number of alkyl halides is 3. The standard InChI is InChI=1S/C25H21F3N2O2/c1-30-23(17-6-12-20(31-2)13-7-17)22(16-4-10-19(11-5-16)25(26,27)28)29-24(30)18-8-14-21(32-3)15-9-18/h4-15H,1-3H3. The van der Waals surface area contributed by atoms with E-state index >= 15 is 0 Å². The van der Waals surface area contributed by atoms with Crippen LogP contribution in [0.25, 0.3) is 33.9 Å². The van der Waals surface area contributed by atoms with E-state index in [4.69, 9.17) is 14.5 Å². The maximum atomic E-state index is 13.0. The quantitative estimate of drug-likeness (QED) is 0.359. The van der Waals surface area contributed by atoms with Crippen LogP contribution in [0.15, 0.2) is 72.8 Å². The number of halogens is 3. The molecule has 0 unspecified atom stereocenters. The number of methoxy groups -OCH3 is 2. The molecule has 4 rings (SSSR count). The largest absolute Gasteiger partial charge is 0.497 e. The number of hydrogen-bond donors (Lipinski definition) is 0. The topological polar surface area (TPSA) is 36.3 Å². The van der Waals surface area contributed by atoms with Gasteiger partial charge in [0.2, 0.25) is 0 Å². The third kappa shape index (κ3) is 4.06. The number of rotatable bonds is 5. The van der Waals surface area contributed by atoms with E-state index in [1.807, 2.05) is 60.1 Å². The van der Waals surface area contributed by atoms with Crippen molar-refractivity contribution in [3.05, 3.63) is 78.4 Å². The van der Waals surface area contributed by atoms with Crippen LogP contribution in [-0.2, 0) is 13.2 Å². The maximum Gasteiger partial charge on any atom is 0.416 e. The van der Waals surface area contributed by atoms with Gasteiger partial charge in [0, 0.05) is 23.7 Å². The molecule has 1 aromatic heterocycles. The summed E-state index contributed by atoms with van der Waals surface area (Å²) in [6.07, 6.45) is -4.39. The summed E-state index contributed by atoms with van der Waals surface area (Å²) >= 11 is 0. The minimum atomic E-state index is -4.39. The second kappa shape index (κ2) is 8.42. The zero-order valence-electron chi connectivity index (χ0n) is 17.8. The highest BCUT2D eigenvalue weighted by molar-refractivity contribution is 5.82. The van der Waals surface area contributed by atoms with Gasteiger partial charge in [0.25, 0.3) is 0 Å². The van der Waals surface area contributed by atoms with Crippen molar-refractivity contribution >= 4 is 0 Å². The minimum absolute atomic E-state index is 0.595. The third-order valence-electron chi connectivity index (χ3n) is 5.29. The Balaban J connectivity index is 1.88. The number of benzene rings is 3. The Morgan fingerprint density at radius 2 is 1.16 bits per heavy atom. The van der Waals surface area contributed by atoms with Crippen molar-refractivity contribution in [2.45, 2.75) is 6.18 Å². The Morgan fingerprint density at radius 3 is 1.62 bits per heavy atom. The van der Waals surface area contributed by atoms with Crippen LogP contribution in [0.5, 0.6) is 11.5 Å². The molecule has 0 spiro atoms. The van der Waals surface area contributed by atoms with Crippen molar-refractivity contribution in [1.29, 1.82) is 0 Å². The molecule has 0 radical (unpaired) electrons. The van der Waals surface area contributed by atoms with Gasteiger partial charge in [-0.2, -0.15) is 13.2 Å². The molecule has 1 heterocycles. The third-order valence-corrected chi connectivity index (χ3v) is 5.29. The molecule has 3 aromatic carbocycles. The summed E-state index contributed by atoms with van der Waals surface area (Å²) < 4.78 is 51.6. The molecular formula is C25H21F3N2O2. The van der Waals surface area contributed by atoms with Gasteiger partial charge in [-0.05, 0) is 60.7 Å². The van der Waals surface area contributed by atoms with Gasteiger partial charge < -0.3 is 14.0 Å². The highest BCUT2D eigenvalue weighted by Crippen LogP contribution is 2.38. The molecule has 0 saturated heterocycles. The molecule has 0 bridgehead atoms. The van der Waals surface area contributed by atoms with Crippen molar-refractivity contribution in [2.75, 3.05) is 14.2 Å². The molecular weight excluding hydrogens is 417 g/mol. The molecule has 32 heavy (non-hydrogen) atoms. The predicted octanol–water partition coefficient (Wildman–Crippen LogP) is 6.46. The van der Waals surface area contributed by atoms with Crippen molar-refractivity contribution in [1.82, 2.24) is 9.55 Å². The molecule has 4 nitrogen and oxygen atoms in total. The number of ether oxygens (including phenoxy) is 2. The van der Waals surface area contributed by atoms with E-state index < -0.39 is 11.7 Å². The van der Waals surface area contributed by atoms with Crippen molar-refractivity contribution in [3.8, 4) is 45.4 Å². The summed E-state index contributed by atoms with van der Waals surface area (Å²) in [5.41, 5.74) is 3.02. The zero-order valence-corrected chi connectivity index (χ0v) is 17.8. The number of aromatic nitrogens is 2. The first-order valence-electron chi connectivity index (χ1n) is 9.85. The van der Waals surface area contributed by atoms with Crippen LogP contribution in [0.3, 0.4) is 0 Å². The molecule has 0 amide bonds. The smallest absolute Gasteiger partial charge is 0.416 e. The van der Waals surface area contributed by atoms with Gasteiger partial charge in [-0.15, -0.1) is 0 Å². The van der Waals surface area contributed by atoms with Crippen LogP contribution < -0.4 is 9.47 Å². The Kier molecular flexibility index (Phi) is 5.65. The van der Waals surface area contributed by atoms with E-state index in [2.05, 4.69) is 0 Å². The van der Waals surface area contributed by atoms with Gasteiger partial charge in [-0.25, -0.2) is 4.98 Å². The first kappa shape index (κ1) is 21.5. The van der Waals surface area contributed by atoms with Crippen LogP contribution >= 0.6 is 0 Å². The van der Waals surface area contributed by atoms with Gasteiger partial charge in [0.15, 0.2) is 0 Å². The molecule has 0 saturated carbocycles. The van der Waals surface area contributed by atoms with Crippen LogP contribution in [0, 0.1) is 0 Å². The Morgan fingerprint density at radius 1 is 0.688 bits per heavy atom. The number of nitrogens with zero attached hydrogens (tertiary/aromatic N) is 2. The van der Waals surface area contributed by atoms with Gasteiger partial charge in [0.05, 0.1) is 31.2 Å². The lowest BCUT2D eigenvalue weighted by molar-refractivity contribution is -0.137. The van der Waals surface area contributed by atoms with Gasteiger partial charge in [0.1, 0.15) is 17.3 Å². The van der Waals surface area contributed by atoms with E-state index in [9.17, 15) is 13.2 Å². The molecule has 4 aromatic rings. The fourth-order valence-electron chi connectivity index (χ4n) is 3.59. The van der Waals surface area contributed by atoms with E-state index in [1.54, 1.807) is 14.2 Å². The Labute approximate surface area is 183 Å². The van der Waals surface area contributed by atoms with Crippen LogP contribution in [0.1, 0.15) is 5.56 Å². The second-order valence-corrected chi connectivity index (χ2v) is 7.22. The lowest BCUT2D eigenvalue weighted by Gasteiger charge is -2.10. The lowest BCUT2D eigenvalue weighted by atomic mass is 10.0. The number of imidazole rings is 1. The van der Waals surface area contributed by atoms with Crippen LogP contribution in [0.4, 0.5) is 13.2 Å². The molecule has 0 atom stereocenters. The van der Waals surface area contributed by atoms with Gasteiger partial charge in [-0.1, -0.05) is 12.1 Å². The van der Waals surface area contributed by atoms with Gasteiger partial charge in [-0.3, -0.25) is 0 Å². The Bertz CT molecular complexity index is 1210. The monoisotopic (exact) mass is 438 g/mol. The first-order chi connectivity index (χ1) is 15.3. The summed E-state index contributed by atoms with van der Waals surface area (Å²) in [6, 6.07) is 20.0. The highest BCUT2D eigenvalue weighted by atomic mass is 19.4. The second-order valence-electron chi connectivity index (χ2n) is 7.22. The van der Waals surface area contributed by atoms with Gasteiger partial charge >= 0.3 is 6.18 Å². The summed E-state index contributed by atoms with van der Waals surface area (Å²) in [6.45, 7) is 0. The minimum Gasteiger partial charge on any atom is -0.497 e. The first-order valence-corrected chi connectivity index (χ1v) is 9.85. The zero-order chi connectivity index (χ0) is 22.9. The Hall–Kier alpha value is -3.74. The van der Waals surface area contributed by atoms with E-state index in [0.717, 1.165) is 34.7 Å². The maximum absolute atomic E-state index is 13.0. The molecule has 0 fully saturated rings. The van der Waals surface area contributed by atoms with Crippen LogP contribution in [-0.4, -0.2) is 23.8 Å². The molecule has 0 N–H and O–H groups in total.